The summed E-state index contributed by atoms with van der Waals surface area (Å²) in [5.41, 5.74) is 2.49. The van der Waals surface area contributed by atoms with E-state index in [1.165, 1.54) is 12.1 Å². The minimum absolute atomic E-state index is 0.273. The summed E-state index contributed by atoms with van der Waals surface area (Å²) in [4.78, 5) is 0. The van der Waals surface area contributed by atoms with Crippen LogP contribution < -0.4 is 5.32 Å². The van der Waals surface area contributed by atoms with Crippen LogP contribution in [0.3, 0.4) is 0 Å². The molecule has 0 spiro atoms. The monoisotopic (exact) mass is 272 g/mol. The lowest BCUT2D eigenvalue weighted by Crippen LogP contribution is -2.00. The van der Waals surface area contributed by atoms with Crippen LogP contribution in [0.15, 0.2) is 36.7 Å². The van der Waals surface area contributed by atoms with Gasteiger partial charge in [-0.25, -0.2) is 4.39 Å². The van der Waals surface area contributed by atoms with Crippen LogP contribution in [0.25, 0.3) is 11.3 Å². The van der Waals surface area contributed by atoms with E-state index in [-0.39, 0.29) is 5.82 Å². The number of hydrogen-bond donors (Lipinski definition) is 2. The fourth-order valence-corrected chi connectivity index (χ4v) is 1.95. The zero-order valence-electron chi connectivity index (χ0n) is 10.8. The molecule has 0 fully saturated rings. The van der Waals surface area contributed by atoms with E-state index in [0.29, 0.717) is 12.4 Å². The van der Waals surface area contributed by atoms with Crippen LogP contribution in [0.5, 0.6) is 0 Å². The van der Waals surface area contributed by atoms with E-state index in [9.17, 15) is 4.39 Å². The van der Waals surface area contributed by atoms with Crippen LogP contribution in [0.1, 0.15) is 5.56 Å². The first-order valence-electron chi connectivity index (χ1n) is 6.11. The number of H-pyrrole nitrogens is 1. The van der Waals surface area contributed by atoms with Gasteiger partial charge in [-0.2, -0.15) is 5.10 Å². The van der Waals surface area contributed by atoms with E-state index < -0.39 is 0 Å². The van der Waals surface area contributed by atoms with E-state index in [1.807, 2.05) is 6.07 Å². The fraction of sp³-hybridized carbons (Fsp3) is 0.154. The molecule has 0 amide bonds. The Hall–Kier alpha value is -2.70. The molecular weight excluding hydrogens is 259 g/mol. The molecule has 0 aliphatic heterocycles. The summed E-state index contributed by atoms with van der Waals surface area (Å²) in [6, 6.07) is 6.39. The van der Waals surface area contributed by atoms with Gasteiger partial charge in [0, 0.05) is 24.7 Å². The van der Waals surface area contributed by atoms with Gasteiger partial charge in [-0.1, -0.05) is 17.3 Å². The third-order valence-corrected chi connectivity index (χ3v) is 2.89. The van der Waals surface area contributed by atoms with Gasteiger partial charge >= 0.3 is 0 Å². The molecule has 0 atom stereocenters. The van der Waals surface area contributed by atoms with E-state index in [1.54, 1.807) is 30.2 Å². The first kappa shape index (κ1) is 12.3. The summed E-state index contributed by atoms with van der Waals surface area (Å²) >= 11 is 0. The third kappa shape index (κ3) is 2.51. The zero-order chi connectivity index (χ0) is 13.9. The molecule has 0 saturated carbocycles. The van der Waals surface area contributed by atoms with Gasteiger partial charge in [0.2, 0.25) is 0 Å². The average Bonchev–Trinajstić information content (AvgIpc) is 3.05. The molecule has 1 aromatic carbocycles. The molecule has 0 aliphatic carbocycles. The number of nitrogens with one attached hydrogen (secondary N) is 2. The molecule has 20 heavy (non-hydrogen) atoms. The van der Waals surface area contributed by atoms with Gasteiger partial charge in [0.1, 0.15) is 5.82 Å². The second kappa shape index (κ2) is 5.12. The number of anilines is 1. The van der Waals surface area contributed by atoms with Crippen LogP contribution in [-0.4, -0.2) is 25.2 Å². The molecule has 0 radical (unpaired) electrons. The lowest BCUT2D eigenvalue weighted by Gasteiger charge is -2.04. The van der Waals surface area contributed by atoms with E-state index in [4.69, 9.17) is 0 Å². The Morgan fingerprint density at radius 3 is 3.05 bits per heavy atom. The lowest BCUT2D eigenvalue weighted by molar-refractivity contribution is 0.628. The number of aromatic nitrogens is 5. The molecule has 0 unspecified atom stereocenters. The molecule has 6 nitrogen and oxygen atoms in total. The highest BCUT2D eigenvalue weighted by molar-refractivity contribution is 5.63. The van der Waals surface area contributed by atoms with E-state index in [2.05, 4.69) is 25.8 Å². The van der Waals surface area contributed by atoms with Gasteiger partial charge in [0.15, 0.2) is 5.82 Å². The standard InChI is InChI=1S/C13H13FN6/c1-20-8-12(17-19-20)15-6-10-7-16-18-13(10)9-3-2-4-11(14)5-9/h2-5,7-8,15H,6H2,1H3,(H,16,18). The van der Waals surface area contributed by atoms with Gasteiger partial charge in [0.25, 0.3) is 0 Å². The molecule has 0 aliphatic rings. The summed E-state index contributed by atoms with van der Waals surface area (Å²) < 4.78 is 14.9. The van der Waals surface area contributed by atoms with Crippen molar-refractivity contribution in [2.24, 2.45) is 7.05 Å². The molecule has 2 aromatic heterocycles. The van der Waals surface area contributed by atoms with Crippen LogP contribution in [0, 0.1) is 5.82 Å². The molecule has 2 heterocycles. The van der Waals surface area contributed by atoms with Crippen molar-refractivity contribution in [2.75, 3.05) is 5.32 Å². The highest BCUT2D eigenvalue weighted by atomic mass is 19.1. The second-order valence-corrected chi connectivity index (χ2v) is 4.41. The minimum atomic E-state index is -0.273. The van der Waals surface area contributed by atoms with Crippen LogP contribution >= 0.6 is 0 Å². The number of halogens is 1. The summed E-state index contributed by atoms with van der Waals surface area (Å²) in [6.45, 7) is 0.529. The van der Waals surface area contributed by atoms with Gasteiger partial charge in [-0.15, -0.1) is 5.10 Å². The molecule has 102 valence electrons. The van der Waals surface area contributed by atoms with Crippen molar-refractivity contribution < 1.29 is 4.39 Å². The normalized spacial score (nSPS) is 10.7. The third-order valence-electron chi connectivity index (χ3n) is 2.89. The van der Waals surface area contributed by atoms with Crippen molar-refractivity contribution in [3.8, 4) is 11.3 Å². The maximum atomic E-state index is 13.3. The Kier molecular flexibility index (Phi) is 3.16. The Morgan fingerprint density at radius 1 is 1.40 bits per heavy atom. The summed E-state index contributed by atoms with van der Waals surface area (Å²) in [6.07, 6.45) is 3.49. The number of rotatable bonds is 4. The predicted molar refractivity (Wildman–Crippen MR) is 72.3 cm³/mol. The Balaban J connectivity index is 1.80. The average molecular weight is 272 g/mol. The summed E-state index contributed by atoms with van der Waals surface area (Å²) in [5, 5.41) is 17.8. The largest absolute Gasteiger partial charge is 0.363 e. The van der Waals surface area contributed by atoms with Crippen molar-refractivity contribution in [1.29, 1.82) is 0 Å². The summed E-state index contributed by atoms with van der Waals surface area (Å²) in [5.74, 6) is 0.406. The van der Waals surface area contributed by atoms with Gasteiger partial charge < -0.3 is 5.32 Å². The van der Waals surface area contributed by atoms with E-state index >= 15 is 0 Å². The van der Waals surface area contributed by atoms with Crippen LogP contribution in [-0.2, 0) is 13.6 Å². The van der Waals surface area contributed by atoms with Crippen molar-refractivity contribution in [2.45, 2.75) is 6.54 Å². The molecule has 0 saturated heterocycles. The Morgan fingerprint density at radius 2 is 2.30 bits per heavy atom. The lowest BCUT2D eigenvalue weighted by atomic mass is 10.1. The zero-order valence-corrected chi connectivity index (χ0v) is 10.8. The number of aromatic amines is 1. The number of nitrogens with zero attached hydrogens (tertiary/aromatic N) is 4. The number of benzene rings is 1. The number of aryl methyl sites for hydroxylation is 1. The summed E-state index contributed by atoms with van der Waals surface area (Å²) in [7, 11) is 1.80. The Labute approximate surface area is 114 Å². The quantitative estimate of drug-likeness (QED) is 0.761. The predicted octanol–water partition coefficient (Wildman–Crippen LogP) is 1.96. The van der Waals surface area contributed by atoms with Crippen molar-refractivity contribution in [1.82, 2.24) is 25.2 Å². The SMILES string of the molecule is Cn1cc(NCc2cn[nH]c2-c2cccc(F)c2)nn1. The van der Waals surface area contributed by atoms with E-state index in [0.717, 1.165) is 16.8 Å². The van der Waals surface area contributed by atoms with Crippen LogP contribution in [0.4, 0.5) is 10.2 Å². The molecular formula is C13H13FN6. The molecule has 3 aromatic rings. The van der Waals surface area contributed by atoms with Crippen molar-refractivity contribution in [3.63, 3.8) is 0 Å². The molecule has 2 N–H and O–H groups in total. The number of hydrogen-bond acceptors (Lipinski definition) is 4. The maximum Gasteiger partial charge on any atom is 0.168 e. The van der Waals surface area contributed by atoms with Crippen LogP contribution in [0.2, 0.25) is 0 Å². The van der Waals surface area contributed by atoms with Gasteiger partial charge in [-0.05, 0) is 12.1 Å². The minimum Gasteiger partial charge on any atom is -0.363 e. The second-order valence-electron chi connectivity index (χ2n) is 4.41. The molecule has 3 rings (SSSR count). The Bertz CT molecular complexity index is 717. The van der Waals surface area contributed by atoms with Crippen molar-refractivity contribution >= 4 is 5.82 Å². The van der Waals surface area contributed by atoms with Gasteiger partial charge in [-0.3, -0.25) is 9.78 Å². The highest BCUT2D eigenvalue weighted by Gasteiger charge is 2.09. The molecule has 0 bridgehead atoms. The van der Waals surface area contributed by atoms with Gasteiger partial charge in [0.05, 0.1) is 18.1 Å². The highest BCUT2D eigenvalue weighted by Crippen LogP contribution is 2.22. The fourth-order valence-electron chi connectivity index (χ4n) is 1.95. The smallest absolute Gasteiger partial charge is 0.168 e. The first-order valence-corrected chi connectivity index (χ1v) is 6.11. The topological polar surface area (TPSA) is 71.4 Å². The first-order chi connectivity index (χ1) is 9.72. The van der Waals surface area contributed by atoms with Crippen molar-refractivity contribution in [3.05, 3.63) is 48.0 Å². The molecule has 7 heteroatoms. The maximum absolute atomic E-state index is 13.3.